The molecule has 0 aliphatic carbocycles. The summed E-state index contributed by atoms with van der Waals surface area (Å²) in [6, 6.07) is 0. The molecule has 0 aromatic rings. The standard InChI is InChI=1S/C9H20N2S/c1-9(2,8(10)11)6-4-5-7-12-3/h4-7H2,1-3H3,(H3,10,11). The van der Waals surface area contributed by atoms with Gasteiger partial charge < -0.3 is 5.73 Å². The van der Waals surface area contributed by atoms with Crippen LogP contribution in [-0.4, -0.2) is 17.8 Å². The Labute approximate surface area is 79.8 Å². The van der Waals surface area contributed by atoms with Crippen LogP contribution in [-0.2, 0) is 0 Å². The van der Waals surface area contributed by atoms with E-state index in [1.807, 2.05) is 25.6 Å². The van der Waals surface area contributed by atoms with E-state index in [2.05, 4.69) is 6.26 Å². The summed E-state index contributed by atoms with van der Waals surface area (Å²) in [5.41, 5.74) is 5.36. The van der Waals surface area contributed by atoms with Crippen molar-refractivity contribution >= 4 is 17.6 Å². The van der Waals surface area contributed by atoms with Gasteiger partial charge in [0.1, 0.15) is 0 Å². The van der Waals surface area contributed by atoms with E-state index in [0.717, 1.165) is 6.42 Å². The fourth-order valence-corrected chi connectivity index (χ4v) is 1.44. The quantitative estimate of drug-likeness (QED) is 0.382. The molecule has 0 aromatic carbocycles. The van der Waals surface area contributed by atoms with Gasteiger partial charge in [-0.2, -0.15) is 11.8 Å². The molecule has 3 N–H and O–H groups in total. The number of amidine groups is 1. The third-order valence-corrected chi connectivity index (χ3v) is 2.83. The first-order chi connectivity index (χ1) is 5.50. The lowest BCUT2D eigenvalue weighted by Crippen LogP contribution is -2.30. The zero-order valence-electron chi connectivity index (χ0n) is 8.31. The van der Waals surface area contributed by atoms with Gasteiger partial charge in [0.05, 0.1) is 5.84 Å². The smallest absolute Gasteiger partial charge is 0.0963 e. The Balaban J connectivity index is 3.54. The van der Waals surface area contributed by atoms with E-state index in [9.17, 15) is 0 Å². The maximum atomic E-state index is 7.35. The number of hydrogen-bond donors (Lipinski definition) is 2. The molecule has 0 rings (SSSR count). The molecule has 0 bridgehead atoms. The van der Waals surface area contributed by atoms with E-state index in [-0.39, 0.29) is 5.41 Å². The molecule has 72 valence electrons. The van der Waals surface area contributed by atoms with Crippen molar-refractivity contribution in [2.45, 2.75) is 33.1 Å². The van der Waals surface area contributed by atoms with Crippen molar-refractivity contribution in [3.63, 3.8) is 0 Å². The molecular formula is C9H20N2S. The second-order valence-electron chi connectivity index (χ2n) is 3.75. The number of thioether (sulfide) groups is 1. The highest BCUT2D eigenvalue weighted by molar-refractivity contribution is 7.98. The summed E-state index contributed by atoms with van der Waals surface area (Å²) in [6.45, 7) is 4.07. The summed E-state index contributed by atoms with van der Waals surface area (Å²) in [5.74, 6) is 1.53. The lowest BCUT2D eigenvalue weighted by molar-refractivity contribution is 0.448. The molecule has 0 unspecified atom stereocenters. The number of unbranched alkanes of at least 4 members (excludes halogenated alkanes) is 1. The van der Waals surface area contributed by atoms with Gasteiger partial charge in [-0.1, -0.05) is 20.3 Å². The van der Waals surface area contributed by atoms with Gasteiger partial charge in [-0.25, -0.2) is 0 Å². The SMILES string of the molecule is CSCCCCC(C)(C)C(=N)N. The molecule has 0 aliphatic heterocycles. The second kappa shape index (κ2) is 5.46. The Morgan fingerprint density at radius 2 is 2.00 bits per heavy atom. The Morgan fingerprint density at radius 1 is 1.42 bits per heavy atom. The first-order valence-electron chi connectivity index (χ1n) is 4.34. The molecule has 0 amide bonds. The lowest BCUT2D eigenvalue weighted by Gasteiger charge is -2.22. The molecule has 0 spiro atoms. The Kier molecular flexibility index (Phi) is 5.38. The van der Waals surface area contributed by atoms with Crippen LogP contribution in [0.1, 0.15) is 33.1 Å². The molecule has 0 aliphatic rings. The van der Waals surface area contributed by atoms with Crippen LogP contribution in [0.3, 0.4) is 0 Å². The molecule has 0 atom stereocenters. The third-order valence-electron chi connectivity index (χ3n) is 2.13. The highest BCUT2D eigenvalue weighted by atomic mass is 32.2. The summed E-state index contributed by atoms with van der Waals surface area (Å²) in [6.07, 6.45) is 5.56. The van der Waals surface area contributed by atoms with Crippen LogP contribution in [0.5, 0.6) is 0 Å². The van der Waals surface area contributed by atoms with Gasteiger partial charge in [0.25, 0.3) is 0 Å². The van der Waals surface area contributed by atoms with Crippen molar-refractivity contribution in [3.05, 3.63) is 0 Å². The number of nitrogens with one attached hydrogen (secondary N) is 1. The van der Waals surface area contributed by atoms with Crippen molar-refractivity contribution in [2.24, 2.45) is 11.1 Å². The van der Waals surface area contributed by atoms with E-state index in [1.54, 1.807) is 0 Å². The van der Waals surface area contributed by atoms with Crippen molar-refractivity contribution in [1.82, 2.24) is 0 Å². The number of rotatable bonds is 6. The first-order valence-corrected chi connectivity index (χ1v) is 5.73. The van der Waals surface area contributed by atoms with Gasteiger partial charge in [-0.05, 0) is 24.9 Å². The lowest BCUT2D eigenvalue weighted by atomic mass is 9.86. The van der Waals surface area contributed by atoms with Crippen molar-refractivity contribution < 1.29 is 0 Å². The normalized spacial score (nSPS) is 11.6. The zero-order valence-corrected chi connectivity index (χ0v) is 9.13. The molecule has 0 heterocycles. The van der Waals surface area contributed by atoms with Gasteiger partial charge in [-0.3, -0.25) is 5.41 Å². The van der Waals surface area contributed by atoms with E-state index in [4.69, 9.17) is 11.1 Å². The van der Waals surface area contributed by atoms with E-state index in [1.165, 1.54) is 18.6 Å². The Morgan fingerprint density at radius 3 is 2.42 bits per heavy atom. The van der Waals surface area contributed by atoms with Gasteiger partial charge in [0, 0.05) is 5.41 Å². The Hall–Kier alpha value is -0.180. The average molecular weight is 188 g/mol. The van der Waals surface area contributed by atoms with Crippen LogP contribution >= 0.6 is 11.8 Å². The van der Waals surface area contributed by atoms with Crippen LogP contribution in [0.15, 0.2) is 0 Å². The predicted octanol–water partition coefficient (Wildman–Crippen LogP) is 2.48. The molecule has 2 nitrogen and oxygen atoms in total. The molecular weight excluding hydrogens is 168 g/mol. The maximum absolute atomic E-state index is 7.35. The summed E-state index contributed by atoms with van der Waals surface area (Å²) < 4.78 is 0. The molecule has 12 heavy (non-hydrogen) atoms. The summed E-state index contributed by atoms with van der Waals surface area (Å²) in [4.78, 5) is 0. The van der Waals surface area contributed by atoms with Crippen LogP contribution in [0.25, 0.3) is 0 Å². The second-order valence-corrected chi connectivity index (χ2v) is 4.73. The minimum atomic E-state index is -0.0988. The largest absolute Gasteiger partial charge is 0.387 e. The minimum absolute atomic E-state index is 0.0988. The zero-order chi connectivity index (χ0) is 9.61. The Bertz CT molecular complexity index is 143. The number of hydrogen-bond acceptors (Lipinski definition) is 2. The van der Waals surface area contributed by atoms with Gasteiger partial charge in [0.15, 0.2) is 0 Å². The first kappa shape index (κ1) is 11.8. The summed E-state index contributed by atoms with van der Waals surface area (Å²) >= 11 is 1.88. The van der Waals surface area contributed by atoms with Crippen LogP contribution < -0.4 is 5.73 Å². The fourth-order valence-electron chi connectivity index (χ4n) is 0.948. The average Bonchev–Trinajstić information content (AvgIpc) is 1.98. The highest BCUT2D eigenvalue weighted by Gasteiger charge is 2.20. The maximum Gasteiger partial charge on any atom is 0.0963 e. The number of nitrogens with two attached hydrogens (primary N) is 1. The summed E-state index contributed by atoms with van der Waals surface area (Å²) in [7, 11) is 0. The van der Waals surface area contributed by atoms with E-state index >= 15 is 0 Å². The van der Waals surface area contributed by atoms with Crippen molar-refractivity contribution in [1.29, 1.82) is 5.41 Å². The molecule has 3 heteroatoms. The molecule has 0 radical (unpaired) electrons. The molecule has 0 saturated heterocycles. The monoisotopic (exact) mass is 188 g/mol. The fraction of sp³-hybridized carbons (Fsp3) is 0.889. The van der Waals surface area contributed by atoms with E-state index in [0.29, 0.717) is 5.84 Å². The predicted molar refractivity (Wildman–Crippen MR) is 57.9 cm³/mol. The van der Waals surface area contributed by atoms with Crippen LogP contribution in [0.4, 0.5) is 0 Å². The molecule has 0 fully saturated rings. The van der Waals surface area contributed by atoms with Gasteiger partial charge in [-0.15, -0.1) is 0 Å². The van der Waals surface area contributed by atoms with Crippen molar-refractivity contribution in [2.75, 3.05) is 12.0 Å². The minimum Gasteiger partial charge on any atom is -0.387 e. The highest BCUT2D eigenvalue weighted by Crippen LogP contribution is 2.22. The van der Waals surface area contributed by atoms with E-state index < -0.39 is 0 Å². The third kappa shape index (κ3) is 4.65. The summed E-state index contributed by atoms with van der Waals surface area (Å²) in [5, 5.41) is 7.35. The van der Waals surface area contributed by atoms with Crippen molar-refractivity contribution in [3.8, 4) is 0 Å². The molecule has 0 saturated carbocycles. The van der Waals surface area contributed by atoms with Crippen LogP contribution in [0, 0.1) is 10.8 Å². The van der Waals surface area contributed by atoms with Gasteiger partial charge >= 0.3 is 0 Å². The van der Waals surface area contributed by atoms with Gasteiger partial charge in [0.2, 0.25) is 0 Å². The molecule has 0 aromatic heterocycles. The topological polar surface area (TPSA) is 49.9 Å². The van der Waals surface area contributed by atoms with Crippen LogP contribution in [0.2, 0.25) is 0 Å².